The summed E-state index contributed by atoms with van der Waals surface area (Å²) < 4.78 is 25.3. The molecule has 0 aliphatic heterocycles. The van der Waals surface area contributed by atoms with Crippen molar-refractivity contribution in [1.82, 2.24) is 0 Å². The van der Waals surface area contributed by atoms with Crippen LogP contribution in [0.15, 0.2) is 12.1 Å². The highest BCUT2D eigenvalue weighted by Crippen LogP contribution is 2.35. The van der Waals surface area contributed by atoms with Crippen molar-refractivity contribution in [3.63, 3.8) is 0 Å². The van der Waals surface area contributed by atoms with Crippen LogP contribution < -0.4 is 10.1 Å². The van der Waals surface area contributed by atoms with E-state index in [0.29, 0.717) is 0 Å². The molecule has 0 aliphatic carbocycles. The molecule has 1 amide bonds. The van der Waals surface area contributed by atoms with Crippen LogP contribution in [0.1, 0.15) is 27.6 Å². The van der Waals surface area contributed by atoms with E-state index in [0.717, 1.165) is 6.07 Å². The Labute approximate surface area is 122 Å². The van der Waals surface area contributed by atoms with Crippen molar-refractivity contribution in [2.45, 2.75) is 11.6 Å². The van der Waals surface area contributed by atoms with E-state index in [1.54, 1.807) is 0 Å². The van der Waals surface area contributed by atoms with Gasteiger partial charge in [0.1, 0.15) is 16.0 Å². The Balaban J connectivity index is 3.50. The number of carboxylic acids is 1. The third kappa shape index (κ3) is 3.69. The summed E-state index contributed by atoms with van der Waals surface area (Å²) in [5.74, 6) is -1.79. The van der Waals surface area contributed by atoms with E-state index in [-0.39, 0.29) is 22.6 Å². The first kappa shape index (κ1) is 16.4. The molecule has 0 spiro atoms. The summed E-state index contributed by atoms with van der Waals surface area (Å²) in [6.45, 7) is 1.22. The van der Waals surface area contributed by atoms with Crippen molar-refractivity contribution in [3.05, 3.63) is 23.3 Å². The lowest BCUT2D eigenvalue weighted by molar-refractivity contribution is -0.114. The minimum Gasteiger partial charge on any atom is -0.771 e. The Kier molecular flexibility index (Phi) is 5.49. The molecule has 7 nitrogen and oxygen atoms in total. The van der Waals surface area contributed by atoms with Crippen molar-refractivity contribution in [2.75, 3.05) is 12.4 Å². The van der Waals surface area contributed by atoms with E-state index in [2.05, 4.69) is 5.32 Å². The van der Waals surface area contributed by atoms with Crippen LogP contribution in [0.25, 0.3) is 0 Å². The highest BCUT2D eigenvalue weighted by molar-refractivity contribution is 7.80. The van der Waals surface area contributed by atoms with E-state index >= 15 is 0 Å². The number of ether oxygens (including phenoxy) is 1. The molecule has 110 valence electrons. The molecule has 2 unspecified atom stereocenters. The monoisotopic (exact) mass is 320 g/mol. The van der Waals surface area contributed by atoms with E-state index in [1.807, 2.05) is 0 Å². The summed E-state index contributed by atoms with van der Waals surface area (Å²) in [7, 11) is 1.25. The fourth-order valence-electron chi connectivity index (χ4n) is 1.52. The van der Waals surface area contributed by atoms with Gasteiger partial charge < -0.3 is 19.7 Å². The molecule has 0 heterocycles. The van der Waals surface area contributed by atoms with Crippen LogP contribution in [0, 0.1) is 0 Å². The zero-order valence-electron chi connectivity index (χ0n) is 10.5. The van der Waals surface area contributed by atoms with Gasteiger partial charge in [-0.05, 0) is 17.1 Å². The first-order valence-electron chi connectivity index (χ1n) is 5.22. The molecule has 1 aromatic rings. The molecule has 0 fully saturated rings. The Morgan fingerprint density at radius 1 is 1.50 bits per heavy atom. The van der Waals surface area contributed by atoms with Crippen LogP contribution in [0.4, 0.5) is 5.69 Å². The van der Waals surface area contributed by atoms with Crippen molar-refractivity contribution in [3.8, 4) is 5.75 Å². The van der Waals surface area contributed by atoms with Gasteiger partial charge in [0.25, 0.3) is 0 Å². The maximum atomic E-state index is 11.1. The number of hydrogen-bond acceptors (Lipinski definition) is 5. The standard InChI is InChI=1S/C11H12ClNO6S/c1-5(14)13-8-4-9(19-2)7(11(15)16)3-6(8)10(12)20(17)18/h3-4,10H,1-2H3,(H,13,14)(H,15,16)(H,17,18)/p-1. The van der Waals surface area contributed by atoms with E-state index < -0.39 is 27.7 Å². The Hall–Kier alpha value is -1.64. The summed E-state index contributed by atoms with van der Waals surface area (Å²) in [5, 5.41) is 11.4. The lowest BCUT2D eigenvalue weighted by Gasteiger charge is -2.19. The number of hydrogen-bond donors (Lipinski definition) is 2. The van der Waals surface area contributed by atoms with Crippen molar-refractivity contribution >= 4 is 40.2 Å². The van der Waals surface area contributed by atoms with Gasteiger partial charge in [-0.3, -0.25) is 9.00 Å². The number of alkyl halides is 1. The van der Waals surface area contributed by atoms with Crippen molar-refractivity contribution < 1.29 is 28.2 Å². The Morgan fingerprint density at radius 3 is 2.50 bits per heavy atom. The van der Waals surface area contributed by atoms with Gasteiger partial charge in [0.2, 0.25) is 5.91 Å². The van der Waals surface area contributed by atoms with Crippen LogP contribution in [0.2, 0.25) is 0 Å². The summed E-state index contributed by atoms with van der Waals surface area (Å²) in [4.78, 5) is 22.2. The lowest BCUT2D eigenvalue weighted by atomic mass is 10.1. The summed E-state index contributed by atoms with van der Waals surface area (Å²) >= 11 is 3.02. The second-order valence-electron chi connectivity index (χ2n) is 3.70. The third-order valence-electron chi connectivity index (χ3n) is 2.33. The summed E-state index contributed by atoms with van der Waals surface area (Å²) in [5.41, 5.74) is -0.232. The number of carbonyl (C=O) groups excluding carboxylic acids is 1. The Bertz CT molecular complexity index is 576. The molecule has 0 bridgehead atoms. The minimum absolute atomic E-state index is 0.0226. The number of amides is 1. The number of benzene rings is 1. The number of carbonyl (C=O) groups is 2. The topological polar surface area (TPSA) is 116 Å². The quantitative estimate of drug-likeness (QED) is 0.627. The first-order valence-corrected chi connectivity index (χ1v) is 6.80. The predicted octanol–water partition coefficient (Wildman–Crippen LogP) is 1.47. The number of rotatable bonds is 5. The highest BCUT2D eigenvalue weighted by atomic mass is 35.5. The van der Waals surface area contributed by atoms with Crippen LogP contribution in [-0.4, -0.2) is 32.9 Å². The molecule has 1 rings (SSSR count). The molecule has 2 atom stereocenters. The molecule has 2 N–H and O–H groups in total. The van der Waals surface area contributed by atoms with E-state index in [4.69, 9.17) is 21.4 Å². The molecule has 0 saturated heterocycles. The van der Waals surface area contributed by atoms with E-state index in [9.17, 15) is 18.4 Å². The van der Waals surface area contributed by atoms with Gasteiger partial charge in [-0.25, -0.2) is 4.79 Å². The average molecular weight is 321 g/mol. The third-order valence-corrected chi connectivity index (χ3v) is 3.59. The SMILES string of the molecule is COc1cc(NC(C)=O)c(C(Cl)S(=O)[O-])cc1C(=O)O. The molecular weight excluding hydrogens is 310 g/mol. The first-order chi connectivity index (χ1) is 9.27. The number of nitrogens with one attached hydrogen (secondary N) is 1. The van der Waals surface area contributed by atoms with Crippen molar-refractivity contribution in [2.24, 2.45) is 0 Å². The minimum atomic E-state index is -2.69. The second kappa shape index (κ2) is 6.69. The molecular formula is C11H11ClNO6S-. The van der Waals surface area contributed by atoms with Gasteiger partial charge in [0.15, 0.2) is 0 Å². The van der Waals surface area contributed by atoms with Crippen molar-refractivity contribution in [1.29, 1.82) is 0 Å². The summed E-state index contributed by atoms with van der Waals surface area (Å²) in [6, 6.07) is 2.27. The number of halogens is 1. The van der Waals surface area contributed by atoms with Crippen LogP contribution in [0.3, 0.4) is 0 Å². The fraction of sp³-hybridized carbons (Fsp3) is 0.273. The number of methoxy groups -OCH3 is 1. The molecule has 20 heavy (non-hydrogen) atoms. The summed E-state index contributed by atoms with van der Waals surface area (Å²) in [6.07, 6.45) is 0. The average Bonchev–Trinajstić information content (AvgIpc) is 2.36. The van der Waals surface area contributed by atoms with Gasteiger partial charge in [-0.1, -0.05) is 0 Å². The Morgan fingerprint density at radius 2 is 2.10 bits per heavy atom. The maximum Gasteiger partial charge on any atom is 0.339 e. The zero-order valence-corrected chi connectivity index (χ0v) is 12.1. The molecule has 9 heteroatoms. The normalized spacial score (nSPS) is 13.4. The van der Waals surface area contributed by atoms with E-state index in [1.165, 1.54) is 20.1 Å². The smallest absolute Gasteiger partial charge is 0.339 e. The molecule has 0 saturated carbocycles. The van der Waals surface area contributed by atoms with Crippen LogP contribution in [-0.2, 0) is 15.9 Å². The van der Waals surface area contributed by atoms with Crippen LogP contribution >= 0.6 is 11.6 Å². The molecule has 0 aliphatic rings. The maximum absolute atomic E-state index is 11.1. The van der Waals surface area contributed by atoms with Gasteiger partial charge in [0.05, 0.1) is 12.8 Å². The predicted molar refractivity (Wildman–Crippen MR) is 71.8 cm³/mol. The van der Waals surface area contributed by atoms with Gasteiger partial charge in [0, 0.05) is 18.6 Å². The van der Waals surface area contributed by atoms with Crippen LogP contribution in [0.5, 0.6) is 5.75 Å². The van der Waals surface area contributed by atoms with Gasteiger partial charge >= 0.3 is 5.97 Å². The molecule has 1 aromatic carbocycles. The number of anilines is 1. The zero-order chi connectivity index (χ0) is 15.4. The number of carboxylic acid groups (broad SMARTS) is 1. The largest absolute Gasteiger partial charge is 0.771 e. The second-order valence-corrected chi connectivity index (χ2v) is 5.39. The lowest BCUT2D eigenvalue weighted by Crippen LogP contribution is -2.12. The fourth-order valence-corrected chi connectivity index (χ4v) is 2.10. The highest BCUT2D eigenvalue weighted by Gasteiger charge is 2.21. The molecule has 0 aromatic heterocycles. The van der Waals surface area contributed by atoms with Gasteiger partial charge in [-0.15, -0.1) is 11.6 Å². The van der Waals surface area contributed by atoms with Gasteiger partial charge in [-0.2, -0.15) is 0 Å². The molecule has 0 radical (unpaired) electrons. The number of aromatic carboxylic acids is 1.